The lowest BCUT2D eigenvalue weighted by Crippen LogP contribution is -2.37. The largest absolute Gasteiger partial charge is 0.507 e. The van der Waals surface area contributed by atoms with E-state index in [-0.39, 0.29) is 35.3 Å². The first kappa shape index (κ1) is 26.0. The predicted octanol–water partition coefficient (Wildman–Crippen LogP) is 4.34. The molecule has 1 fully saturated rings. The minimum atomic E-state index is -0.501. The van der Waals surface area contributed by atoms with Crippen LogP contribution in [0.15, 0.2) is 47.4 Å². The molecule has 3 N–H and O–H groups in total. The molecule has 3 aromatic rings. The molecule has 1 unspecified atom stereocenters. The number of benzene rings is 2. The molecule has 9 heteroatoms. The highest BCUT2D eigenvalue weighted by molar-refractivity contribution is 5.67. The Bertz CT molecular complexity index is 1190. The minimum Gasteiger partial charge on any atom is -0.507 e. The third-order valence-corrected chi connectivity index (χ3v) is 5.77. The number of rotatable bonds is 7. The van der Waals surface area contributed by atoms with Crippen LogP contribution in [0, 0.1) is 5.82 Å². The molecule has 0 aliphatic carbocycles. The maximum absolute atomic E-state index is 13.9. The van der Waals surface area contributed by atoms with Crippen molar-refractivity contribution in [1.82, 2.24) is 14.9 Å². The highest BCUT2D eigenvalue weighted by Crippen LogP contribution is 2.30. The lowest BCUT2D eigenvalue weighted by molar-refractivity contribution is 0.364. The van der Waals surface area contributed by atoms with E-state index < -0.39 is 5.82 Å². The lowest BCUT2D eigenvalue weighted by Gasteiger charge is -2.26. The summed E-state index contributed by atoms with van der Waals surface area (Å²) in [4.78, 5) is 17.7. The van der Waals surface area contributed by atoms with E-state index in [1.54, 1.807) is 37.1 Å². The fourth-order valence-electron chi connectivity index (χ4n) is 3.99. The second-order valence-electron chi connectivity index (χ2n) is 7.88. The Morgan fingerprint density at radius 1 is 1.20 bits per heavy atom. The third kappa shape index (κ3) is 6.10. The molecule has 1 aromatic heterocycles. The molecule has 1 saturated heterocycles. The standard InChI is InChI=1S/C24H27FN4O4.C2H6/c1-32-18-7-5-15(22(11-18)33-2)12-27-23-24(31)29(17-4-3-9-26-13-17)14-20(28-23)19-10-16(25)6-8-21(19)30;1-2/h5-8,10-11,14,17,26,30H,3-4,9,12-13H2,1-2H3,(H,27,28);1-2H3. The number of phenolic OH excluding ortho intramolecular Hbond substituents is 1. The van der Waals surface area contributed by atoms with Crippen LogP contribution >= 0.6 is 0 Å². The van der Waals surface area contributed by atoms with E-state index in [9.17, 15) is 14.3 Å². The molecular formula is C26H33FN4O4. The Labute approximate surface area is 204 Å². The Balaban J connectivity index is 0.00000167. The summed E-state index contributed by atoms with van der Waals surface area (Å²) in [6.07, 6.45) is 3.36. The molecule has 2 heterocycles. The summed E-state index contributed by atoms with van der Waals surface area (Å²) in [6.45, 7) is 5.82. The predicted molar refractivity (Wildman–Crippen MR) is 135 cm³/mol. The van der Waals surface area contributed by atoms with Crippen LogP contribution < -0.4 is 25.7 Å². The number of methoxy groups -OCH3 is 2. The van der Waals surface area contributed by atoms with Crippen molar-refractivity contribution >= 4 is 5.82 Å². The average molecular weight is 485 g/mol. The van der Waals surface area contributed by atoms with E-state index in [0.29, 0.717) is 23.7 Å². The van der Waals surface area contributed by atoms with Crippen LogP contribution in [-0.4, -0.2) is 42.0 Å². The molecule has 0 radical (unpaired) electrons. The maximum atomic E-state index is 13.9. The Morgan fingerprint density at radius 2 is 2.00 bits per heavy atom. The number of piperidine rings is 1. The van der Waals surface area contributed by atoms with Crippen LogP contribution in [-0.2, 0) is 6.54 Å². The molecule has 1 aliphatic heterocycles. The summed E-state index contributed by atoms with van der Waals surface area (Å²) < 4.78 is 26.2. The number of phenols is 1. The van der Waals surface area contributed by atoms with Gasteiger partial charge in [-0.25, -0.2) is 9.37 Å². The van der Waals surface area contributed by atoms with Crippen LogP contribution in [0.2, 0.25) is 0 Å². The number of nitrogens with one attached hydrogen (secondary N) is 2. The Morgan fingerprint density at radius 3 is 2.69 bits per heavy atom. The number of anilines is 1. The molecule has 188 valence electrons. The first-order valence-electron chi connectivity index (χ1n) is 11.8. The van der Waals surface area contributed by atoms with Gasteiger partial charge < -0.3 is 29.8 Å². The Hall–Kier alpha value is -3.59. The number of halogens is 1. The van der Waals surface area contributed by atoms with Crippen molar-refractivity contribution in [2.75, 3.05) is 32.6 Å². The van der Waals surface area contributed by atoms with Gasteiger partial charge in [-0.15, -0.1) is 0 Å². The summed E-state index contributed by atoms with van der Waals surface area (Å²) in [6, 6.07) is 9.00. The summed E-state index contributed by atoms with van der Waals surface area (Å²) >= 11 is 0. The zero-order valence-corrected chi connectivity index (χ0v) is 20.6. The van der Waals surface area contributed by atoms with Crippen LogP contribution in [0.1, 0.15) is 38.3 Å². The van der Waals surface area contributed by atoms with Crippen LogP contribution in [0.25, 0.3) is 11.3 Å². The molecule has 0 saturated carbocycles. The van der Waals surface area contributed by atoms with E-state index >= 15 is 0 Å². The van der Waals surface area contributed by atoms with Crippen molar-refractivity contribution in [1.29, 1.82) is 0 Å². The monoisotopic (exact) mass is 484 g/mol. The zero-order chi connectivity index (χ0) is 25.4. The SMILES string of the molecule is CC.COc1ccc(CNc2nc(-c3cc(F)ccc3O)cn(C3CCCNC3)c2=O)c(OC)c1. The minimum absolute atomic E-state index is 0.0697. The number of aromatic nitrogens is 2. The topological polar surface area (TPSA) is 97.6 Å². The second-order valence-corrected chi connectivity index (χ2v) is 7.88. The van der Waals surface area contributed by atoms with Crippen molar-refractivity contribution in [3.8, 4) is 28.5 Å². The van der Waals surface area contributed by atoms with Crippen molar-refractivity contribution in [3.05, 3.63) is 64.3 Å². The highest BCUT2D eigenvalue weighted by atomic mass is 19.1. The molecule has 0 bridgehead atoms. The van der Waals surface area contributed by atoms with Gasteiger partial charge in [0.15, 0.2) is 5.82 Å². The van der Waals surface area contributed by atoms with Gasteiger partial charge in [0.2, 0.25) is 0 Å². The molecule has 4 rings (SSSR count). The first-order chi connectivity index (χ1) is 17.0. The smallest absolute Gasteiger partial charge is 0.293 e. The molecule has 8 nitrogen and oxygen atoms in total. The molecule has 2 aromatic carbocycles. The van der Waals surface area contributed by atoms with Gasteiger partial charge in [-0.3, -0.25) is 4.79 Å². The van der Waals surface area contributed by atoms with Gasteiger partial charge in [0.25, 0.3) is 5.56 Å². The van der Waals surface area contributed by atoms with Gasteiger partial charge in [-0.2, -0.15) is 0 Å². The summed E-state index contributed by atoms with van der Waals surface area (Å²) in [5.74, 6) is 0.763. The molecular weight excluding hydrogens is 451 g/mol. The molecule has 35 heavy (non-hydrogen) atoms. The van der Waals surface area contributed by atoms with Crippen LogP contribution in [0.4, 0.5) is 10.2 Å². The van der Waals surface area contributed by atoms with E-state index in [4.69, 9.17) is 9.47 Å². The van der Waals surface area contributed by atoms with Crippen molar-refractivity contribution in [3.63, 3.8) is 0 Å². The van der Waals surface area contributed by atoms with E-state index in [0.717, 1.165) is 24.9 Å². The highest BCUT2D eigenvalue weighted by Gasteiger charge is 2.21. The van der Waals surface area contributed by atoms with Gasteiger partial charge in [-0.1, -0.05) is 13.8 Å². The third-order valence-electron chi connectivity index (χ3n) is 5.77. The molecule has 0 amide bonds. The van der Waals surface area contributed by atoms with Gasteiger partial charge in [0.1, 0.15) is 23.1 Å². The molecule has 1 aliphatic rings. The van der Waals surface area contributed by atoms with Crippen molar-refractivity contribution in [2.24, 2.45) is 0 Å². The lowest BCUT2D eigenvalue weighted by atomic mass is 10.1. The maximum Gasteiger partial charge on any atom is 0.293 e. The Kier molecular flexibility index (Phi) is 9.08. The first-order valence-corrected chi connectivity index (χ1v) is 11.8. The molecule has 0 spiro atoms. The van der Waals surface area contributed by atoms with E-state index in [1.807, 2.05) is 19.9 Å². The number of aromatic hydroxyl groups is 1. The van der Waals surface area contributed by atoms with Crippen LogP contribution in [0.5, 0.6) is 17.2 Å². The molecule has 1 atom stereocenters. The van der Waals surface area contributed by atoms with Gasteiger partial charge >= 0.3 is 0 Å². The van der Waals surface area contributed by atoms with Gasteiger partial charge in [0, 0.05) is 42.5 Å². The number of nitrogens with zero attached hydrogens (tertiary/aromatic N) is 2. The normalized spacial score (nSPS) is 15.1. The summed E-state index contributed by atoms with van der Waals surface area (Å²) in [5, 5.41) is 16.7. The van der Waals surface area contributed by atoms with Gasteiger partial charge in [-0.05, 0) is 49.7 Å². The quantitative estimate of drug-likeness (QED) is 0.459. The number of ether oxygens (including phenoxy) is 2. The summed E-state index contributed by atoms with van der Waals surface area (Å²) in [7, 11) is 3.14. The van der Waals surface area contributed by atoms with Crippen LogP contribution in [0.3, 0.4) is 0 Å². The second kappa shape index (κ2) is 12.2. The van der Waals surface area contributed by atoms with Crippen molar-refractivity contribution < 1.29 is 19.0 Å². The fraction of sp³-hybridized carbons (Fsp3) is 0.385. The fourth-order valence-corrected chi connectivity index (χ4v) is 3.99. The zero-order valence-electron chi connectivity index (χ0n) is 20.6. The van der Waals surface area contributed by atoms with E-state index in [2.05, 4.69) is 15.6 Å². The van der Waals surface area contributed by atoms with Gasteiger partial charge in [0.05, 0.1) is 19.9 Å². The van der Waals surface area contributed by atoms with Crippen molar-refractivity contribution in [2.45, 2.75) is 39.3 Å². The number of hydrogen-bond donors (Lipinski definition) is 3. The average Bonchev–Trinajstić information content (AvgIpc) is 2.91. The number of hydrogen-bond acceptors (Lipinski definition) is 7. The summed E-state index contributed by atoms with van der Waals surface area (Å²) in [5.41, 5.74) is 1.05. The van der Waals surface area contributed by atoms with E-state index in [1.165, 1.54) is 18.2 Å².